The van der Waals surface area contributed by atoms with Gasteiger partial charge in [0.05, 0.1) is 11.2 Å². The van der Waals surface area contributed by atoms with E-state index in [0.29, 0.717) is 5.92 Å². The van der Waals surface area contributed by atoms with Gasteiger partial charge in [0.2, 0.25) is 0 Å². The molecule has 0 aromatic heterocycles. The Morgan fingerprint density at radius 3 is 2.43 bits per heavy atom. The van der Waals surface area contributed by atoms with Gasteiger partial charge in [0.1, 0.15) is 0 Å². The molecule has 0 radical (unpaired) electrons. The topological polar surface area (TPSA) is 44.5 Å². The molecule has 0 aromatic rings. The third-order valence-electron chi connectivity index (χ3n) is 6.29. The second-order valence-corrected chi connectivity index (χ2v) is 7.58. The van der Waals surface area contributed by atoms with E-state index in [0.717, 1.165) is 32.5 Å². The number of rotatable bonds is 4. The number of hydrogen-bond acceptors (Lipinski definition) is 3. The van der Waals surface area contributed by atoms with Crippen LogP contribution in [-0.2, 0) is 9.47 Å². The Morgan fingerprint density at radius 2 is 1.76 bits per heavy atom. The molecule has 3 rings (SSSR count). The fourth-order valence-corrected chi connectivity index (χ4v) is 5.18. The Kier molecular flexibility index (Phi) is 4.92. The first-order chi connectivity index (χ1) is 10.2. The molecule has 1 spiro atoms. The maximum absolute atomic E-state index is 6.81. The summed E-state index contributed by atoms with van der Waals surface area (Å²) in [6.07, 6.45) is 13.7. The van der Waals surface area contributed by atoms with E-state index in [1.165, 1.54) is 51.4 Å². The van der Waals surface area contributed by atoms with Crippen molar-refractivity contribution in [2.24, 2.45) is 11.7 Å². The molecule has 0 bridgehead atoms. The molecule has 1 heterocycles. The van der Waals surface area contributed by atoms with Crippen LogP contribution in [0.4, 0.5) is 0 Å². The second-order valence-electron chi connectivity index (χ2n) is 7.58. The number of nitrogens with two attached hydrogens (primary N) is 1. The highest BCUT2D eigenvalue weighted by Crippen LogP contribution is 2.46. The fourth-order valence-electron chi connectivity index (χ4n) is 5.18. The van der Waals surface area contributed by atoms with Crippen molar-refractivity contribution in [2.75, 3.05) is 13.2 Å². The molecule has 2 aliphatic carbocycles. The van der Waals surface area contributed by atoms with Crippen LogP contribution in [0.25, 0.3) is 0 Å². The van der Waals surface area contributed by atoms with Crippen LogP contribution in [0.1, 0.15) is 77.6 Å². The first-order valence-corrected chi connectivity index (χ1v) is 9.23. The normalized spacial score (nSPS) is 33.1. The van der Waals surface area contributed by atoms with Crippen LogP contribution in [0.15, 0.2) is 0 Å². The summed E-state index contributed by atoms with van der Waals surface area (Å²) >= 11 is 0. The highest BCUT2D eigenvalue weighted by Gasteiger charge is 2.47. The maximum Gasteiger partial charge on any atom is 0.0835 e. The minimum atomic E-state index is -0.0468. The summed E-state index contributed by atoms with van der Waals surface area (Å²) in [4.78, 5) is 0. The molecule has 3 nitrogen and oxygen atoms in total. The van der Waals surface area contributed by atoms with Gasteiger partial charge >= 0.3 is 0 Å². The highest BCUT2D eigenvalue weighted by atomic mass is 16.5. The van der Waals surface area contributed by atoms with Crippen molar-refractivity contribution < 1.29 is 9.47 Å². The SMILES string of the molecule is CCOC1(C(N)C2CCOC3(CCCC3)C2)CCCCC1. The Balaban J connectivity index is 1.71. The van der Waals surface area contributed by atoms with E-state index < -0.39 is 0 Å². The van der Waals surface area contributed by atoms with Crippen LogP contribution in [0.2, 0.25) is 0 Å². The van der Waals surface area contributed by atoms with Crippen LogP contribution in [-0.4, -0.2) is 30.5 Å². The monoisotopic (exact) mass is 295 g/mol. The van der Waals surface area contributed by atoms with Gasteiger partial charge in [-0.05, 0) is 51.4 Å². The molecular weight excluding hydrogens is 262 g/mol. The lowest BCUT2D eigenvalue weighted by Crippen LogP contribution is -2.57. The molecule has 0 aromatic carbocycles. The third kappa shape index (κ3) is 3.16. The van der Waals surface area contributed by atoms with E-state index >= 15 is 0 Å². The van der Waals surface area contributed by atoms with Gasteiger partial charge in [-0.25, -0.2) is 0 Å². The average Bonchev–Trinajstić information content (AvgIpc) is 2.95. The van der Waals surface area contributed by atoms with E-state index in [1.54, 1.807) is 0 Å². The molecule has 0 amide bonds. The van der Waals surface area contributed by atoms with Crippen LogP contribution in [0.5, 0.6) is 0 Å². The second kappa shape index (κ2) is 6.55. The molecule has 2 unspecified atom stereocenters. The lowest BCUT2D eigenvalue weighted by molar-refractivity contribution is -0.134. The average molecular weight is 295 g/mol. The summed E-state index contributed by atoms with van der Waals surface area (Å²) < 4.78 is 12.5. The molecule has 3 fully saturated rings. The van der Waals surface area contributed by atoms with Gasteiger partial charge in [0.25, 0.3) is 0 Å². The predicted octanol–water partition coefficient (Wildman–Crippen LogP) is 3.79. The van der Waals surface area contributed by atoms with Crippen molar-refractivity contribution in [2.45, 2.75) is 94.8 Å². The summed E-state index contributed by atoms with van der Waals surface area (Å²) in [6, 6.07) is 0.194. The summed E-state index contributed by atoms with van der Waals surface area (Å²) in [6.45, 7) is 3.81. The lowest BCUT2D eigenvalue weighted by atomic mass is 9.70. The Hall–Kier alpha value is -0.120. The molecule has 3 heteroatoms. The summed E-state index contributed by atoms with van der Waals surface area (Å²) in [7, 11) is 0. The van der Waals surface area contributed by atoms with Crippen LogP contribution >= 0.6 is 0 Å². The Morgan fingerprint density at radius 1 is 1.10 bits per heavy atom. The molecule has 1 saturated heterocycles. The van der Waals surface area contributed by atoms with Crippen LogP contribution in [0.3, 0.4) is 0 Å². The van der Waals surface area contributed by atoms with E-state index in [2.05, 4.69) is 6.92 Å². The van der Waals surface area contributed by atoms with Crippen LogP contribution in [0, 0.1) is 5.92 Å². The molecule has 1 aliphatic heterocycles. The van der Waals surface area contributed by atoms with Crippen molar-refractivity contribution in [3.8, 4) is 0 Å². The minimum absolute atomic E-state index is 0.0468. The summed E-state index contributed by atoms with van der Waals surface area (Å²) in [5, 5.41) is 0. The van der Waals surface area contributed by atoms with Gasteiger partial charge in [-0.1, -0.05) is 32.1 Å². The Labute approximate surface area is 129 Å². The Bertz CT molecular complexity index is 327. The largest absolute Gasteiger partial charge is 0.375 e. The molecule has 2 atom stereocenters. The molecule has 21 heavy (non-hydrogen) atoms. The van der Waals surface area contributed by atoms with Gasteiger partial charge in [-0.2, -0.15) is 0 Å². The zero-order chi connectivity index (χ0) is 14.8. The quantitative estimate of drug-likeness (QED) is 0.858. The van der Waals surface area contributed by atoms with E-state index in [-0.39, 0.29) is 17.2 Å². The minimum Gasteiger partial charge on any atom is -0.375 e. The highest BCUT2D eigenvalue weighted by molar-refractivity contribution is 5.01. The zero-order valence-electron chi connectivity index (χ0n) is 13.7. The molecular formula is C18H33NO2. The molecule has 122 valence electrons. The van der Waals surface area contributed by atoms with Gasteiger partial charge in [0, 0.05) is 19.3 Å². The third-order valence-corrected chi connectivity index (χ3v) is 6.29. The van der Waals surface area contributed by atoms with Gasteiger partial charge < -0.3 is 15.2 Å². The van der Waals surface area contributed by atoms with Crippen LogP contribution < -0.4 is 5.73 Å². The van der Waals surface area contributed by atoms with Crippen molar-refractivity contribution in [1.29, 1.82) is 0 Å². The maximum atomic E-state index is 6.81. The van der Waals surface area contributed by atoms with E-state index in [4.69, 9.17) is 15.2 Å². The first kappa shape index (κ1) is 15.8. The van der Waals surface area contributed by atoms with Gasteiger partial charge in [-0.3, -0.25) is 0 Å². The van der Waals surface area contributed by atoms with Crippen molar-refractivity contribution in [3.05, 3.63) is 0 Å². The molecule has 2 N–H and O–H groups in total. The molecule has 3 aliphatic rings. The number of ether oxygens (including phenoxy) is 2. The zero-order valence-corrected chi connectivity index (χ0v) is 13.7. The summed E-state index contributed by atoms with van der Waals surface area (Å²) in [5.74, 6) is 0.585. The first-order valence-electron chi connectivity index (χ1n) is 9.23. The molecule has 2 saturated carbocycles. The van der Waals surface area contributed by atoms with E-state index in [1.807, 2.05) is 0 Å². The van der Waals surface area contributed by atoms with Crippen molar-refractivity contribution in [3.63, 3.8) is 0 Å². The van der Waals surface area contributed by atoms with Crippen molar-refractivity contribution in [1.82, 2.24) is 0 Å². The van der Waals surface area contributed by atoms with Crippen molar-refractivity contribution >= 4 is 0 Å². The standard InChI is InChI=1S/C18H33NO2/c1-2-20-18(11-4-3-5-12-18)16(19)15-8-13-21-17(14-15)9-6-7-10-17/h15-16H,2-14,19H2,1H3. The van der Waals surface area contributed by atoms with Gasteiger partial charge in [-0.15, -0.1) is 0 Å². The number of hydrogen-bond donors (Lipinski definition) is 1. The predicted molar refractivity (Wildman–Crippen MR) is 85.3 cm³/mol. The smallest absolute Gasteiger partial charge is 0.0835 e. The van der Waals surface area contributed by atoms with Gasteiger partial charge in [0.15, 0.2) is 0 Å². The fraction of sp³-hybridized carbons (Fsp3) is 1.00. The summed E-state index contributed by atoms with van der Waals surface area (Å²) in [5.41, 5.74) is 6.94. The van der Waals surface area contributed by atoms with E-state index in [9.17, 15) is 0 Å². The lowest BCUT2D eigenvalue weighted by Gasteiger charge is -2.48.